The van der Waals surface area contributed by atoms with Gasteiger partial charge in [0.15, 0.2) is 0 Å². The molecular weight excluding hydrogens is 206 g/mol. The van der Waals surface area contributed by atoms with Gasteiger partial charge in [0.1, 0.15) is 18.5 Å². The molecule has 1 saturated carbocycles. The first kappa shape index (κ1) is 9.66. The number of fused-ring (bicyclic) bond motifs is 1. The molecule has 1 aliphatic carbocycles. The van der Waals surface area contributed by atoms with E-state index in [0.717, 1.165) is 24.2 Å². The Morgan fingerprint density at radius 3 is 2.94 bits per heavy atom. The number of benzene rings is 1. The standard InChI is InChI=1S/C12H13NO3/c13-10-3-4-11(10)16-8-1-2-9-7(5-8)6-15-12(9)14/h1-2,5,10-11H,3-4,6,13H2/t10-,11-/m0/s1. The van der Waals surface area contributed by atoms with Gasteiger partial charge in [0.05, 0.1) is 5.56 Å². The van der Waals surface area contributed by atoms with Gasteiger partial charge in [-0.1, -0.05) is 0 Å². The van der Waals surface area contributed by atoms with Gasteiger partial charge in [0.2, 0.25) is 0 Å². The van der Waals surface area contributed by atoms with Crippen LogP contribution in [0.5, 0.6) is 5.75 Å². The highest BCUT2D eigenvalue weighted by molar-refractivity contribution is 5.93. The molecule has 1 aromatic carbocycles. The minimum Gasteiger partial charge on any atom is -0.489 e. The molecule has 16 heavy (non-hydrogen) atoms. The normalized spacial score (nSPS) is 26.9. The first-order valence-corrected chi connectivity index (χ1v) is 5.46. The zero-order valence-corrected chi connectivity index (χ0v) is 8.81. The van der Waals surface area contributed by atoms with Crippen molar-refractivity contribution in [2.45, 2.75) is 31.6 Å². The number of hydrogen-bond acceptors (Lipinski definition) is 4. The maximum atomic E-state index is 11.2. The number of ether oxygens (including phenoxy) is 2. The second-order valence-corrected chi connectivity index (χ2v) is 4.29. The average Bonchev–Trinajstić information content (AvgIpc) is 2.66. The van der Waals surface area contributed by atoms with Crippen LogP contribution < -0.4 is 10.5 Å². The van der Waals surface area contributed by atoms with E-state index in [1.165, 1.54) is 0 Å². The second-order valence-electron chi connectivity index (χ2n) is 4.29. The van der Waals surface area contributed by atoms with Crippen LogP contribution in [-0.4, -0.2) is 18.1 Å². The Kier molecular flexibility index (Phi) is 2.11. The molecule has 1 heterocycles. The molecule has 0 saturated heterocycles. The van der Waals surface area contributed by atoms with E-state index >= 15 is 0 Å². The Morgan fingerprint density at radius 1 is 1.38 bits per heavy atom. The highest BCUT2D eigenvalue weighted by atomic mass is 16.5. The Labute approximate surface area is 93.3 Å². The van der Waals surface area contributed by atoms with Gasteiger partial charge in [-0.25, -0.2) is 4.79 Å². The van der Waals surface area contributed by atoms with Crippen molar-refractivity contribution in [3.05, 3.63) is 29.3 Å². The van der Waals surface area contributed by atoms with Gasteiger partial charge >= 0.3 is 5.97 Å². The van der Waals surface area contributed by atoms with Gasteiger partial charge in [-0.2, -0.15) is 0 Å². The van der Waals surface area contributed by atoms with E-state index in [9.17, 15) is 4.79 Å². The number of carbonyl (C=O) groups is 1. The predicted molar refractivity (Wildman–Crippen MR) is 57.2 cm³/mol. The minimum atomic E-state index is -0.248. The number of rotatable bonds is 2. The summed E-state index contributed by atoms with van der Waals surface area (Å²) in [5, 5.41) is 0. The van der Waals surface area contributed by atoms with Crippen LogP contribution in [0.2, 0.25) is 0 Å². The van der Waals surface area contributed by atoms with E-state index in [2.05, 4.69) is 0 Å². The topological polar surface area (TPSA) is 61.6 Å². The van der Waals surface area contributed by atoms with Crippen LogP contribution in [0.1, 0.15) is 28.8 Å². The van der Waals surface area contributed by atoms with Crippen LogP contribution >= 0.6 is 0 Å². The number of hydrogen-bond donors (Lipinski definition) is 1. The molecule has 2 aliphatic rings. The van der Waals surface area contributed by atoms with Crippen molar-refractivity contribution in [3.63, 3.8) is 0 Å². The summed E-state index contributed by atoms with van der Waals surface area (Å²) in [4.78, 5) is 11.2. The Balaban J connectivity index is 1.79. The van der Waals surface area contributed by atoms with E-state index in [-0.39, 0.29) is 18.1 Å². The second kappa shape index (κ2) is 3.49. The largest absolute Gasteiger partial charge is 0.489 e. The molecular formula is C12H13NO3. The van der Waals surface area contributed by atoms with Crippen molar-refractivity contribution in [3.8, 4) is 5.75 Å². The molecule has 0 spiro atoms. The van der Waals surface area contributed by atoms with Crippen LogP contribution in [0.25, 0.3) is 0 Å². The van der Waals surface area contributed by atoms with Gasteiger partial charge < -0.3 is 15.2 Å². The van der Waals surface area contributed by atoms with Crippen molar-refractivity contribution < 1.29 is 14.3 Å². The van der Waals surface area contributed by atoms with Crippen LogP contribution in [0, 0.1) is 0 Å². The monoisotopic (exact) mass is 219 g/mol. The maximum absolute atomic E-state index is 11.2. The number of cyclic esters (lactones) is 1. The summed E-state index contributed by atoms with van der Waals surface area (Å²) in [5.74, 6) is 0.527. The highest BCUT2D eigenvalue weighted by Crippen LogP contribution is 2.28. The maximum Gasteiger partial charge on any atom is 0.338 e. The van der Waals surface area contributed by atoms with Crippen molar-refractivity contribution in [1.82, 2.24) is 0 Å². The summed E-state index contributed by atoms with van der Waals surface area (Å²) in [6.45, 7) is 0.349. The van der Waals surface area contributed by atoms with Gasteiger partial charge in [0.25, 0.3) is 0 Å². The van der Waals surface area contributed by atoms with Crippen molar-refractivity contribution in [2.75, 3.05) is 0 Å². The third-order valence-electron chi connectivity index (χ3n) is 3.20. The smallest absolute Gasteiger partial charge is 0.338 e. The summed E-state index contributed by atoms with van der Waals surface area (Å²) in [6.07, 6.45) is 2.15. The quantitative estimate of drug-likeness (QED) is 0.760. The van der Waals surface area contributed by atoms with Crippen molar-refractivity contribution in [1.29, 1.82) is 0 Å². The van der Waals surface area contributed by atoms with Gasteiger partial charge in [-0.05, 0) is 31.0 Å². The molecule has 0 amide bonds. The van der Waals surface area contributed by atoms with Crippen LogP contribution in [-0.2, 0) is 11.3 Å². The number of esters is 1. The van der Waals surface area contributed by atoms with Gasteiger partial charge in [-0.15, -0.1) is 0 Å². The summed E-state index contributed by atoms with van der Waals surface area (Å²) in [6, 6.07) is 5.57. The van der Waals surface area contributed by atoms with Crippen LogP contribution in [0.4, 0.5) is 0 Å². The fourth-order valence-corrected chi connectivity index (χ4v) is 2.00. The molecule has 1 aliphatic heterocycles. The van der Waals surface area contributed by atoms with E-state index in [1.807, 2.05) is 6.07 Å². The van der Waals surface area contributed by atoms with Crippen molar-refractivity contribution in [2.24, 2.45) is 5.73 Å². The molecule has 4 nitrogen and oxygen atoms in total. The lowest BCUT2D eigenvalue weighted by Gasteiger charge is -2.33. The summed E-state index contributed by atoms with van der Waals surface area (Å²) >= 11 is 0. The molecule has 84 valence electrons. The Hall–Kier alpha value is -1.55. The zero-order valence-electron chi connectivity index (χ0n) is 8.81. The molecule has 0 radical (unpaired) electrons. The highest BCUT2D eigenvalue weighted by Gasteiger charge is 2.30. The van der Waals surface area contributed by atoms with E-state index in [4.69, 9.17) is 15.2 Å². The molecule has 0 unspecified atom stereocenters. The van der Waals surface area contributed by atoms with E-state index < -0.39 is 0 Å². The van der Waals surface area contributed by atoms with Gasteiger partial charge in [-0.3, -0.25) is 0 Å². The Morgan fingerprint density at radius 2 is 2.25 bits per heavy atom. The molecule has 4 heteroatoms. The Bertz CT molecular complexity index is 444. The van der Waals surface area contributed by atoms with Crippen LogP contribution in [0.15, 0.2) is 18.2 Å². The summed E-state index contributed by atoms with van der Waals surface area (Å²) in [5.41, 5.74) is 7.34. The predicted octanol–water partition coefficient (Wildman–Crippen LogP) is 1.23. The third kappa shape index (κ3) is 1.46. The zero-order chi connectivity index (χ0) is 11.1. The molecule has 0 bridgehead atoms. The van der Waals surface area contributed by atoms with Crippen molar-refractivity contribution >= 4 is 5.97 Å². The molecule has 0 aromatic heterocycles. The molecule has 3 rings (SSSR count). The molecule has 1 aromatic rings. The lowest BCUT2D eigenvalue weighted by molar-refractivity contribution is 0.0535. The van der Waals surface area contributed by atoms with E-state index in [0.29, 0.717) is 12.2 Å². The molecule has 2 atom stereocenters. The SMILES string of the molecule is N[C@H]1CC[C@@H]1Oc1ccc2c(c1)COC2=O. The lowest BCUT2D eigenvalue weighted by Crippen LogP contribution is -2.47. The summed E-state index contributed by atoms with van der Waals surface area (Å²) in [7, 11) is 0. The minimum absolute atomic E-state index is 0.121. The third-order valence-corrected chi connectivity index (χ3v) is 3.20. The summed E-state index contributed by atoms with van der Waals surface area (Å²) < 4.78 is 10.7. The fourth-order valence-electron chi connectivity index (χ4n) is 2.00. The lowest BCUT2D eigenvalue weighted by atomic mass is 9.90. The van der Waals surface area contributed by atoms with E-state index in [1.54, 1.807) is 12.1 Å². The molecule has 2 N–H and O–H groups in total. The first-order chi connectivity index (χ1) is 7.74. The average molecular weight is 219 g/mol. The fraction of sp³-hybridized carbons (Fsp3) is 0.417. The van der Waals surface area contributed by atoms with Crippen LogP contribution in [0.3, 0.4) is 0 Å². The number of carbonyl (C=O) groups excluding carboxylic acids is 1. The number of nitrogens with two attached hydrogens (primary N) is 1. The molecule has 1 fully saturated rings. The first-order valence-electron chi connectivity index (χ1n) is 5.46. The van der Waals surface area contributed by atoms with Gasteiger partial charge in [0, 0.05) is 11.6 Å².